The Hall–Kier alpha value is -2.52. The molecule has 3 aromatic rings. The van der Waals surface area contributed by atoms with Crippen LogP contribution in [0.2, 0.25) is 0 Å². The van der Waals surface area contributed by atoms with Gasteiger partial charge in [-0.15, -0.1) is 11.3 Å². The Morgan fingerprint density at radius 3 is 2.66 bits per heavy atom. The molecular formula is C20H23N3O4S2. The predicted octanol–water partition coefficient (Wildman–Crippen LogP) is 4.16. The largest absolute Gasteiger partial charge is 0.443 e. The number of pyridine rings is 1. The number of allylic oxidation sites excluding steroid dienone is 1. The normalized spacial score (nSPS) is 12.7. The fourth-order valence-electron chi connectivity index (χ4n) is 2.58. The number of ether oxygens (including phenoxy) is 1. The number of sulfone groups is 1. The van der Waals surface area contributed by atoms with Gasteiger partial charge in [0.1, 0.15) is 11.1 Å². The van der Waals surface area contributed by atoms with Crippen LogP contribution in [0, 0.1) is 6.92 Å². The molecule has 3 aromatic heterocycles. The number of hydrogen-bond acceptors (Lipinski definition) is 7. The first kappa shape index (κ1) is 21.2. The van der Waals surface area contributed by atoms with Crippen LogP contribution in [-0.4, -0.2) is 40.4 Å². The van der Waals surface area contributed by atoms with Gasteiger partial charge in [0.05, 0.1) is 11.3 Å². The number of aromatic nitrogens is 3. The van der Waals surface area contributed by atoms with Gasteiger partial charge < -0.3 is 4.74 Å². The maximum atomic E-state index is 12.9. The van der Waals surface area contributed by atoms with Crippen molar-refractivity contribution < 1.29 is 17.9 Å². The number of carbonyl (C=O) groups is 1. The summed E-state index contributed by atoms with van der Waals surface area (Å²) < 4.78 is 32.2. The second-order valence-corrected chi connectivity index (χ2v) is 10.3. The topological polar surface area (TPSA) is 91.2 Å². The van der Waals surface area contributed by atoms with Crippen molar-refractivity contribution in [2.45, 2.75) is 44.9 Å². The molecule has 0 aliphatic rings. The summed E-state index contributed by atoms with van der Waals surface area (Å²) in [4.78, 5) is 21.1. The third-order valence-corrected chi connectivity index (χ3v) is 6.09. The number of hydrogen-bond donors (Lipinski definition) is 0. The van der Waals surface area contributed by atoms with Crippen molar-refractivity contribution in [3.05, 3.63) is 52.5 Å². The lowest BCUT2D eigenvalue weighted by Crippen LogP contribution is -2.29. The second-order valence-electron chi connectivity index (χ2n) is 7.64. The summed E-state index contributed by atoms with van der Waals surface area (Å²) >= 11 is 1.34. The van der Waals surface area contributed by atoms with Gasteiger partial charge in [-0.1, -0.05) is 18.2 Å². The van der Waals surface area contributed by atoms with E-state index in [9.17, 15) is 13.2 Å². The summed E-state index contributed by atoms with van der Waals surface area (Å²) in [5.41, 5.74) is 2.03. The molecule has 0 amide bonds. The highest BCUT2D eigenvalue weighted by Gasteiger charge is 2.29. The van der Waals surface area contributed by atoms with Gasteiger partial charge in [0.25, 0.3) is 0 Å². The Bertz CT molecular complexity index is 1150. The molecule has 0 spiro atoms. The van der Waals surface area contributed by atoms with Gasteiger partial charge >= 0.3 is 6.09 Å². The summed E-state index contributed by atoms with van der Waals surface area (Å²) in [6, 6.07) is 3.86. The standard InChI is InChI=1S/C20H23N3O4S2/c1-14-8-9-15(21-11-14)7-5-6-10-29(25,26)18-22-16-12-28-13-17(16)23(18)19(24)27-20(2,3)4/h5-6,8-9,11-13H,7,10H2,1-4H3. The number of nitrogens with zero attached hydrogens (tertiary/aromatic N) is 3. The van der Waals surface area contributed by atoms with E-state index in [4.69, 9.17) is 4.74 Å². The molecule has 0 saturated heterocycles. The van der Waals surface area contributed by atoms with Crippen molar-refractivity contribution in [3.63, 3.8) is 0 Å². The minimum Gasteiger partial charge on any atom is -0.443 e. The maximum Gasteiger partial charge on any atom is 0.421 e. The van der Waals surface area contributed by atoms with E-state index in [2.05, 4.69) is 9.97 Å². The molecule has 0 aliphatic heterocycles. The van der Waals surface area contributed by atoms with Crippen LogP contribution in [0.1, 0.15) is 32.0 Å². The first-order valence-corrected chi connectivity index (χ1v) is 11.6. The fraction of sp³-hybridized carbons (Fsp3) is 0.350. The molecule has 0 atom stereocenters. The Kier molecular flexibility index (Phi) is 5.90. The molecule has 0 aliphatic carbocycles. The summed E-state index contributed by atoms with van der Waals surface area (Å²) in [6.45, 7) is 7.13. The van der Waals surface area contributed by atoms with Gasteiger partial charge in [-0.05, 0) is 39.3 Å². The second kappa shape index (κ2) is 8.08. The number of imidazole rings is 1. The summed E-state index contributed by atoms with van der Waals surface area (Å²) in [5.74, 6) is -0.273. The zero-order valence-corrected chi connectivity index (χ0v) is 18.4. The van der Waals surface area contributed by atoms with Crippen LogP contribution in [0.25, 0.3) is 11.0 Å². The van der Waals surface area contributed by atoms with Gasteiger partial charge in [-0.2, -0.15) is 0 Å². The van der Waals surface area contributed by atoms with Crippen LogP contribution in [0.5, 0.6) is 0 Å². The molecule has 3 rings (SSSR count). The van der Waals surface area contributed by atoms with Crippen LogP contribution < -0.4 is 0 Å². The van der Waals surface area contributed by atoms with Crippen molar-refractivity contribution in [3.8, 4) is 0 Å². The molecule has 0 aromatic carbocycles. The van der Waals surface area contributed by atoms with E-state index in [1.807, 2.05) is 19.1 Å². The third-order valence-electron chi connectivity index (χ3n) is 3.91. The molecule has 0 unspecified atom stereocenters. The monoisotopic (exact) mass is 433 g/mol. The minimum atomic E-state index is -3.84. The molecule has 0 saturated carbocycles. The number of rotatable bonds is 5. The molecular weight excluding hydrogens is 410 g/mol. The van der Waals surface area contributed by atoms with Crippen molar-refractivity contribution in [2.75, 3.05) is 5.75 Å². The molecule has 0 bridgehead atoms. The van der Waals surface area contributed by atoms with E-state index >= 15 is 0 Å². The minimum absolute atomic E-state index is 0.273. The lowest BCUT2D eigenvalue weighted by molar-refractivity contribution is 0.0528. The van der Waals surface area contributed by atoms with Crippen LogP contribution in [0.15, 0.2) is 46.4 Å². The molecule has 0 N–H and O–H groups in total. The molecule has 0 radical (unpaired) electrons. The van der Waals surface area contributed by atoms with Gasteiger partial charge in [0.2, 0.25) is 15.0 Å². The molecule has 7 nitrogen and oxygen atoms in total. The van der Waals surface area contributed by atoms with Gasteiger partial charge in [0.15, 0.2) is 0 Å². The Balaban J connectivity index is 1.83. The van der Waals surface area contributed by atoms with Gasteiger partial charge in [-0.25, -0.2) is 22.8 Å². The number of fused-ring (bicyclic) bond motifs is 1. The number of aryl methyl sites for hydroxylation is 1. The third kappa shape index (κ3) is 5.10. The maximum absolute atomic E-state index is 12.9. The highest BCUT2D eigenvalue weighted by Crippen LogP contribution is 2.25. The van der Waals surface area contributed by atoms with E-state index in [1.165, 1.54) is 11.3 Å². The van der Waals surface area contributed by atoms with E-state index in [0.29, 0.717) is 17.5 Å². The van der Waals surface area contributed by atoms with Crippen LogP contribution in [-0.2, 0) is 21.0 Å². The zero-order chi connectivity index (χ0) is 21.2. The van der Waals surface area contributed by atoms with Crippen molar-refractivity contribution >= 4 is 38.3 Å². The predicted molar refractivity (Wildman–Crippen MR) is 113 cm³/mol. The summed E-state index contributed by atoms with van der Waals surface area (Å²) in [5, 5.41) is 3.08. The van der Waals surface area contributed by atoms with E-state index in [1.54, 1.807) is 49.9 Å². The first-order chi connectivity index (χ1) is 13.6. The highest BCUT2D eigenvalue weighted by atomic mass is 32.2. The highest BCUT2D eigenvalue weighted by molar-refractivity contribution is 7.91. The van der Waals surface area contributed by atoms with E-state index < -0.39 is 21.5 Å². The molecule has 9 heteroatoms. The van der Waals surface area contributed by atoms with Crippen LogP contribution in [0.4, 0.5) is 4.79 Å². The van der Waals surface area contributed by atoms with Crippen LogP contribution >= 0.6 is 11.3 Å². The van der Waals surface area contributed by atoms with Crippen molar-refractivity contribution in [2.24, 2.45) is 0 Å². The number of thiophene rings is 1. The molecule has 29 heavy (non-hydrogen) atoms. The van der Waals surface area contributed by atoms with Gasteiger partial charge in [-0.3, -0.25) is 4.98 Å². The number of carbonyl (C=O) groups excluding carboxylic acids is 1. The summed E-state index contributed by atoms with van der Waals surface area (Å²) in [7, 11) is -3.84. The smallest absolute Gasteiger partial charge is 0.421 e. The Labute approximate surface area is 174 Å². The van der Waals surface area contributed by atoms with E-state index in [0.717, 1.165) is 15.8 Å². The summed E-state index contributed by atoms with van der Waals surface area (Å²) in [6.07, 6.45) is 4.83. The molecule has 154 valence electrons. The lowest BCUT2D eigenvalue weighted by atomic mass is 10.2. The first-order valence-electron chi connectivity index (χ1n) is 9.04. The SMILES string of the molecule is Cc1ccc(CC=CCS(=O)(=O)c2nc3cscc3n2C(=O)OC(C)(C)C)nc1. The quantitative estimate of drug-likeness (QED) is 0.561. The average Bonchev–Trinajstić information content (AvgIpc) is 3.20. The van der Waals surface area contributed by atoms with Gasteiger partial charge in [0, 0.05) is 29.1 Å². The fourth-order valence-corrected chi connectivity index (χ4v) is 4.53. The van der Waals surface area contributed by atoms with Crippen LogP contribution in [0.3, 0.4) is 0 Å². The zero-order valence-electron chi connectivity index (χ0n) is 16.7. The van der Waals surface area contributed by atoms with Crippen molar-refractivity contribution in [1.82, 2.24) is 14.5 Å². The Morgan fingerprint density at radius 2 is 2.00 bits per heavy atom. The van der Waals surface area contributed by atoms with E-state index in [-0.39, 0.29) is 10.9 Å². The Morgan fingerprint density at radius 1 is 1.24 bits per heavy atom. The average molecular weight is 434 g/mol. The lowest BCUT2D eigenvalue weighted by Gasteiger charge is -2.20. The molecule has 3 heterocycles. The molecule has 0 fully saturated rings. The van der Waals surface area contributed by atoms with Crippen molar-refractivity contribution in [1.29, 1.82) is 0 Å².